The molecule has 14 heteroatoms. The summed E-state index contributed by atoms with van der Waals surface area (Å²) in [6.45, 7) is 0. The van der Waals surface area contributed by atoms with E-state index in [0.29, 0.717) is 16.1 Å². The highest BCUT2D eigenvalue weighted by molar-refractivity contribution is 7.88. The Hall–Kier alpha value is -2.96. The van der Waals surface area contributed by atoms with Crippen molar-refractivity contribution in [2.75, 3.05) is 0 Å². The number of hydrogen-bond acceptors (Lipinski definition) is 7. The summed E-state index contributed by atoms with van der Waals surface area (Å²) in [4.78, 5) is 24.7. The average molecular weight is 493 g/mol. The van der Waals surface area contributed by atoms with Gasteiger partial charge < -0.3 is 9.17 Å². The quantitative estimate of drug-likeness (QED) is 0.254. The Morgan fingerprint density at radius 1 is 0.903 bits per heavy atom. The molecule has 0 amide bonds. The van der Waals surface area contributed by atoms with Crippen LogP contribution in [-0.2, 0) is 10.1 Å². The average Bonchev–Trinajstić information content (AvgIpc) is 2.69. The van der Waals surface area contributed by atoms with Crippen LogP contribution in [0.1, 0.15) is 0 Å². The first kappa shape index (κ1) is 22.7. The van der Waals surface area contributed by atoms with Crippen molar-refractivity contribution in [3.8, 4) is 5.88 Å². The standard InChI is InChI=1S/C9H4ClF3N2O3S.C8H5ClN2O/c10-6-2-1-5-3-4-14-8(7(5)15-6)18-19(16,17)9(11,12)13;9-6-2-1-5-3-4-10-8(12)7(5)11-6/h1-4H;1-4H,(H,10,12). The summed E-state index contributed by atoms with van der Waals surface area (Å²) in [5.41, 5.74) is -5.56. The minimum absolute atomic E-state index is 0.0326. The predicted molar refractivity (Wildman–Crippen MR) is 108 cm³/mol. The number of aromatic amines is 1. The van der Waals surface area contributed by atoms with Gasteiger partial charge in [-0.15, -0.1) is 0 Å². The molecule has 4 heterocycles. The Morgan fingerprint density at radius 2 is 1.48 bits per heavy atom. The van der Waals surface area contributed by atoms with Crippen LogP contribution < -0.4 is 9.74 Å². The van der Waals surface area contributed by atoms with Gasteiger partial charge in [0.2, 0.25) is 0 Å². The molecule has 0 aliphatic rings. The maximum absolute atomic E-state index is 12.2. The minimum Gasteiger partial charge on any atom is -0.353 e. The smallest absolute Gasteiger partial charge is 0.353 e. The van der Waals surface area contributed by atoms with Crippen LogP contribution in [0, 0.1) is 0 Å². The van der Waals surface area contributed by atoms with E-state index in [1.54, 1.807) is 24.4 Å². The zero-order valence-corrected chi connectivity index (χ0v) is 17.2. The topological polar surface area (TPSA) is 115 Å². The highest BCUT2D eigenvalue weighted by Crippen LogP contribution is 2.29. The van der Waals surface area contributed by atoms with Crippen molar-refractivity contribution in [3.05, 3.63) is 69.5 Å². The SMILES string of the molecule is O=S(=O)(Oc1nccc2ccc(Cl)nc12)C(F)(F)F.O=c1[nH]ccc2ccc(Cl)nc12. The molecule has 0 aliphatic carbocycles. The number of halogens is 5. The molecule has 0 saturated heterocycles. The molecule has 0 aromatic carbocycles. The Bertz CT molecular complexity index is 1430. The van der Waals surface area contributed by atoms with Gasteiger partial charge in [0.1, 0.15) is 21.3 Å². The van der Waals surface area contributed by atoms with Crippen molar-refractivity contribution in [1.29, 1.82) is 0 Å². The molecule has 0 radical (unpaired) electrons. The van der Waals surface area contributed by atoms with Crippen molar-refractivity contribution < 1.29 is 25.8 Å². The highest BCUT2D eigenvalue weighted by atomic mass is 35.5. The number of fused-ring (bicyclic) bond motifs is 2. The molecule has 31 heavy (non-hydrogen) atoms. The summed E-state index contributed by atoms with van der Waals surface area (Å²) >= 11 is 11.2. The molecule has 1 N–H and O–H groups in total. The van der Waals surface area contributed by atoms with Crippen LogP contribution in [0.5, 0.6) is 5.88 Å². The lowest BCUT2D eigenvalue weighted by molar-refractivity contribution is -0.0500. The normalized spacial score (nSPS) is 11.8. The van der Waals surface area contributed by atoms with Gasteiger partial charge in [-0.3, -0.25) is 4.79 Å². The number of alkyl halides is 3. The summed E-state index contributed by atoms with van der Waals surface area (Å²) in [6.07, 6.45) is 2.68. The number of nitrogens with one attached hydrogen (secondary N) is 1. The fourth-order valence-electron chi connectivity index (χ4n) is 2.25. The maximum atomic E-state index is 12.2. The van der Waals surface area contributed by atoms with Gasteiger partial charge in [-0.2, -0.15) is 21.6 Å². The van der Waals surface area contributed by atoms with Crippen LogP contribution in [0.25, 0.3) is 21.8 Å². The molecular weight excluding hydrogens is 484 g/mol. The number of hydrogen-bond donors (Lipinski definition) is 1. The number of nitrogens with zero attached hydrogens (tertiary/aromatic N) is 3. The molecular formula is C17H9Cl2F3N4O4S. The monoisotopic (exact) mass is 492 g/mol. The zero-order valence-electron chi connectivity index (χ0n) is 14.9. The number of aromatic nitrogens is 4. The number of rotatable bonds is 2. The highest BCUT2D eigenvalue weighted by Gasteiger charge is 2.49. The lowest BCUT2D eigenvalue weighted by Gasteiger charge is -2.09. The van der Waals surface area contributed by atoms with E-state index >= 15 is 0 Å². The van der Waals surface area contributed by atoms with Crippen LogP contribution >= 0.6 is 23.2 Å². The van der Waals surface area contributed by atoms with E-state index in [1.807, 2.05) is 0 Å². The van der Waals surface area contributed by atoms with Crippen molar-refractivity contribution in [1.82, 2.24) is 19.9 Å². The molecule has 0 fully saturated rings. The Morgan fingerprint density at radius 3 is 2.10 bits per heavy atom. The third-order valence-corrected chi connectivity index (χ3v) is 4.96. The van der Waals surface area contributed by atoms with Crippen LogP contribution in [0.15, 0.2) is 53.6 Å². The minimum atomic E-state index is -5.80. The molecule has 4 rings (SSSR count). The summed E-state index contributed by atoms with van der Waals surface area (Å²) < 4.78 is 62.4. The van der Waals surface area contributed by atoms with Crippen molar-refractivity contribution in [2.24, 2.45) is 0 Å². The molecule has 8 nitrogen and oxygen atoms in total. The van der Waals surface area contributed by atoms with Gasteiger partial charge in [0, 0.05) is 23.2 Å². The van der Waals surface area contributed by atoms with Gasteiger partial charge in [0.05, 0.1) is 0 Å². The Labute approximate surface area is 181 Å². The van der Waals surface area contributed by atoms with Crippen molar-refractivity contribution >= 4 is 55.1 Å². The van der Waals surface area contributed by atoms with Gasteiger partial charge in [-0.1, -0.05) is 23.2 Å². The van der Waals surface area contributed by atoms with Gasteiger partial charge in [-0.05, 0) is 36.4 Å². The largest absolute Gasteiger partial charge is 0.534 e. The van der Waals surface area contributed by atoms with E-state index in [4.69, 9.17) is 23.2 Å². The molecule has 4 aromatic rings. The lowest BCUT2D eigenvalue weighted by Crippen LogP contribution is -2.28. The van der Waals surface area contributed by atoms with Crippen LogP contribution in [0.2, 0.25) is 10.3 Å². The molecule has 0 spiro atoms. The molecule has 4 aromatic heterocycles. The third-order valence-electron chi connectivity index (χ3n) is 3.60. The molecule has 0 bridgehead atoms. The first-order valence-electron chi connectivity index (χ1n) is 8.04. The van der Waals surface area contributed by atoms with E-state index in [2.05, 4.69) is 24.1 Å². The number of pyridine rings is 4. The van der Waals surface area contributed by atoms with Gasteiger partial charge in [0.25, 0.3) is 11.4 Å². The van der Waals surface area contributed by atoms with Crippen LogP contribution in [0.3, 0.4) is 0 Å². The lowest BCUT2D eigenvalue weighted by atomic mass is 10.3. The summed E-state index contributed by atoms with van der Waals surface area (Å²) in [5, 5.41) is 1.43. The van der Waals surface area contributed by atoms with E-state index < -0.39 is 21.5 Å². The fourth-order valence-corrected chi connectivity index (χ4v) is 2.97. The predicted octanol–water partition coefficient (Wildman–Crippen LogP) is 4.09. The summed E-state index contributed by atoms with van der Waals surface area (Å²) in [7, 11) is -5.80. The zero-order chi connectivity index (χ0) is 22.8. The van der Waals surface area contributed by atoms with E-state index in [1.165, 1.54) is 18.2 Å². The first-order chi connectivity index (χ1) is 14.5. The van der Waals surface area contributed by atoms with E-state index in [9.17, 15) is 26.4 Å². The Kier molecular flexibility index (Phi) is 6.34. The molecule has 0 saturated carbocycles. The van der Waals surface area contributed by atoms with Crippen molar-refractivity contribution in [2.45, 2.75) is 5.51 Å². The van der Waals surface area contributed by atoms with E-state index in [0.717, 1.165) is 11.6 Å². The second-order valence-corrected chi connectivity index (χ2v) is 8.00. The molecule has 0 atom stereocenters. The van der Waals surface area contributed by atoms with Gasteiger partial charge in [0.15, 0.2) is 0 Å². The van der Waals surface area contributed by atoms with Crippen LogP contribution in [-0.4, -0.2) is 33.9 Å². The van der Waals surface area contributed by atoms with Gasteiger partial charge in [-0.25, -0.2) is 15.0 Å². The number of H-pyrrole nitrogens is 1. The second kappa shape index (κ2) is 8.65. The third kappa shape index (κ3) is 5.21. The van der Waals surface area contributed by atoms with Crippen LogP contribution in [0.4, 0.5) is 13.2 Å². The summed E-state index contributed by atoms with van der Waals surface area (Å²) in [5.74, 6) is -0.780. The first-order valence-corrected chi connectivity index (χ1v) is 10.2. The van der Waals surface area contributed by atoms with E-state index in [-0.39, 0.29) is 16.2 Å². The molecule has 0 unspecified atom stereocenters. The fraction of sp³-hybridized carbons (Fsp3) is 0.0588. The Balaban J connectivity index is 0.000000194. The second-order valence-electron chi connectivity index (χ2n) is 5.68. The van der Waals surface area contributed by atoms with Crippen molar-refractivity contribution in [3.63, 3.8) is 0 Å². The maximum Gasteiger partial charge on any atom is 0.534 e. The molecule has 0 aliphatic heterocycles. The summed E-state index contributed by atoms with van der Waals surface area (Å²) in [6, 6.07) is 9.46. The van der Waals surface area contributed by atoms with Gasteiger partial charge >= 0.3 is 15.6 Å². The molecule has 162 valence electrons.